The highest BCUT2D eigenvalue weighted by Crippen LogP contribution is 2.33. The summed E-state index contributed by atoms with van der Waals surface area (Å²) in [5, 5.41) is 0.541. The first-order valence-electron chi connectivity index (χ1n) is 11.0. The number of nitrogens with zero attached hydrogens (tertiary/aromatic N) is 3. The number of nitrogens with two attached hydrogens (primary N) is 1. The Balaban J connectivity index is 1.56. The van der Waals surface area contributed by atoms with E-state index in [0.29, 0.717) is 20.7 Å². The molecule has 1 aromatic carbocycles. The third-order valence-corrected chi connectivity index (χ3v) is 6.81. The first kappa shape index (κ1) is 24.3. The van der Waals surface area contributed by atoms with Crippen LogP contribution in [-0.4, -0.2) is 51.3 Å². The molecule has 0 saturated heterocycles. The van der Waals surface area contributed by atoms with E-state index in [-0.39, 0.29) is 36.0 Å². The van der Waals surface area contributed by atoms with Crippen molar-refractivity contribution < 1.29 is 28.7 Å². The third-order valence-electron chi connectivity index (χ3n) is 5.65. The van der Waals surface area contributed by atoms with Gasteiger partial charge in [-0.2, -0.15) is 0 Å². The van der Waals surface area contributed by atoms with Crippen molar-refractivity contribution >= 4 is 51.1 Å². The maximum Gasteiger partial charge on any atom is 0.348 e. The Labute approximate surface area is 205 Å². The Morgan fingerprint density at radius 2 is 1.71 bits per heavy atom. The lowest BCUT2D eigenvalue weighted by Crippen LogP contribution is -2.48. The normalized spacial score (nSPS) is 13.9. The number of carbonyl (C=O) groups is 4. The molecule has 2 aromatic heterocycles. The molecule has 0 saturated carbocycles. The molecule has 10 nitrogen and oxygen atoms in total. The van der Waals surface area contributed by atoms with Crippen LogP contribution in [-0.2, 0) is 20.9 Å². The van der Waals surface area contributed by atoms with Crippen molar-refractivity contribution in [1.29, 1.82) is 0 Å². The molecule has 3 heterocycles. The van der Waals surface area contributed by atoms with Crippen molar-refractivity contribution in [3.63, 3.8) is 0 Å². The fraction of sp³-hybridized carbons (Fsp3) is 0.333. The van der Waals surface area contributed by atoms with Gasteiger partial charge in [0.15, 0.2) is 12.4 Å². The van der Waals surface area contributed by atoms with E-state index in [1.54, 1.807) is 52.0 Å². The highest BCUT2D eigenvalue weighted by Gasteiger charge is 2.44. The molecule has 182 valence electrons. The zero-order valence-corrected chi connectivity index (χ0v) is 20.5. The molecule has 2 N–H and O–H groups in total. The molecule has 0 aliphatic carbocycles. The van der Waals surface area contributed by atoms with Gasteiger partial charge in [0.25, 0.3) is 11.8 Å². The number of thiophene rings is 1. The average molecular weight is 497 g/mol. The van der Waals surface area contributed by atoms with Crippen LogP contribution in [0.1, 0.15) is 62.5 Å². The van der Waals surface area contributed by atoms with Crippen molar-refractivity contribution in [3.8, 4) is 0 Å². The van der Waals surface area contributed by atoms with Crippen LogP contribution in [0, 0.1) is 12.8 Å². The predicted molar refractivity (Wildman–Crippen MR) is 128 cm³/mol. The molecule has 1 aliphatic rings. The summed E-state index contributed by atoms with van der Waals surface area (Å²) in [6.45, 7) is 6.81. The summed E-state index contributed by atoms with van der Waals surface area (Å²) in [7, 11) is 0. The highest BCUT2D eigenvalue weighted by molar-refractivity contribution is 7.20. The van der Waals surface area contributed by atoms with Crippen molar-refractivity contribution in [2.45, 2.75) is 40.3 Å². The minimum atomic E-state index is -1.12. The van der Waals surface area contributed by atoms with Crippen LogP contribution in [0.25, 0.3) is 10.2 Å². The van der Waals surface area contributed by atoms with E-state index in [2.05, 4.69) is 9.97 Å². The minimum Gasteiger partial charge on any atom is -0.462 e. The average Bonchev–Trinajstić information content (AvgIpc) is 3.28. The number of amides is 2. The van der Waals surface area contributed by atoms with Gasteiger partial charge in [-0.1, -0.05) is 26.0 Å². The van der Waals surface area contributed by atoms with Crippen LogP contribution >= 0.6 is 11.3 Å². The number of anilines is 1. The molecule has 4 rings (SSSR count). The van der Waals surface area contributed by atoms with Gasteiger partial charge in [-0.25, -0.2) is 19.6 Å². The van der Waals surface area contributed by atoms with E-state index in [0.717, 1.165) is 16.2 Å². The second-order valence-electron chi connectivity index (χ2n) is 8.30. The molecule has 0 bridgehead atoms. The Bertz CT molecular complexity index is 1330. The Hall–Kier alpha value is -3.86. The second kappa shape index (κ2) is 9.41. The first-order valence-corrected chi connectivity index (χ1v) is 11.8. The van der Waals surface area contributed by atoms with E-state index in [4.69, 9.17) is 15.2 Å². The number of aryl methyl sites for hydroxylation is 1. The van der Waals surface area contributed by atoms with Gasteiger partial charge in [-0.15, -0.1) is 11.3 Å². The highest BCUT2D eigenvalue weighted by atomic mass is 32.1. The summed E-state index contributed by atoms with van der Waals surface area (Å²) in [5.74, 6) is -2.43. The monoisotopic (exact) mass is 496 g/mol. The summed E-state index contributed by atoms with van der Waals surface area (Å²) >= 11 is 1.12. The molecule has 1 aliphatic heterocycles. The van der Waals surface area contributed by atoms with Crippen LogP contribution in [0.15, 0.2) is 24.3 Å². The summed E-state index contributed by atoms with van der Waals surface area (Å²) in [5.41, 5.74) is 7.24. The molecule has 0 radical (unpaired) electrons. The lowest BCUT2D eigenvalue weighted by molar-refractivity contribution is -0.151. The number of carbonyl (C=O) groups excluding carboxylic acids is 4. The Morgan fingerprint density at radius 1 is 1.09 bits per heavy atom. The maximum atomic E-state index is 13.0. The number of fused-ring (bicyclic) bond motifs is 2. The fourth-order valence-corrected chi connectivity index (χ4v) is 5.13. The lowest BCUT2D eigenvalue weighted by Gasteiger charge is -2.27. The summed E-state index contributed by atoms with van der Waals surface area (Å²) in [6, 6.07) is 5.31. The van der Waals surface area contributed by atoms with E-state index in [1.165, 1.54) is 0 Å². The Morgan fingerprint density at radius 3 is 2.29 bits per heavy atom. The molecule has 2 amide bonds. The molecule has 35 heavy (non-hydrogen) atoms. The van der Waals surface area contributed by atoms with Gasteiger partial charge in [-0.3, -0.25) is 14.5 Å². The Kier molecular flexibility index (Phi) is 6.53. The molecule has 11 heteroatoms. The molecule has 3 aromatic rings. The zero-order valence-electron chi connectivity index (χ0n) is 19.7. The molecule has 0 unspecified atom stereocenters. The molecule has 1 atom stereocenters. The van der Waals surface area contributed by atoms with Crippen LogP contribution in [0.5, 0.6) is 0 Å². The van der Waals surface area contributed by atoms with Gasteiger partial charge in [-0.05, 0) is 37.5 Å². The fourth-order valence-electron chi connectivity index (χ4n) is 4.03. The SMILES string of the molecule is CCOC(=O)c1sc2nc(COC(=O)[C@H](C(C)C)N3C(=O)c4ccccc4C3=O)nc(N)c2c1C. The van der Waals surface area contributed by atoms with Crippen molar-refractivity contribution in [3.05, 3.63) is 51.7 Å². The first-order chi connectivity index (χ1) is 16.6. The summed E-state index contributed by atoms with van der Waals surface area (Å²) in [4.78, 5) is 61.4. The lowest BCUT2D eigenvalue weighted by atomic mass is 10.0. The van der Waals surface area contributed by atoms with Crippen molar-refractivity contribution in [2.24, 2.45) is 5.92 Å². The van der Waals surface area contributed by atoms with Crippen LogP contribution in [0.2, 0.25) is 0 Å². The van der Waals surface area contributed by atoms with Gasteiger partial charge < -0.3 is 15.2 Å². The number of hydrogen-bond acceptors (Lipinski definition) is 10. The molecular formula is C24H24N4O6S. The number of benzene rings is 1. The number of rotatable bonds is 7. The van der Waals surface area contributed by atoms with Gasteiger partial charge in [0.2, 0.25) is 0 Å². The summed E-state index contributed by atoms with van der Waals surface area (Å²) < 4.78 is 10.5. The topological polar surface area (TPSA) is 142 Å². The number of aromatic nitrogens is 2. The number of imide groups is 1. The molecule has 0 spiro atoms. The van der Waals surface area contributed by atoms with Crippen molar-refractivity contribution in [2.75, 3.05) is 12.3 Å². The number of ether oxygens (including phenoxy) is 2. The van der Waals surface area contributed by atoms with E-state index in [1.807, 2.05) is 0 Å². The maximum absolute atomic E-state index is 13.0. The number of esters is 2. The predicted octanol–water partition coefficient (Wildman–Crippen LogP) is 3.12. The zero-order chi connectivity index (χ0) is 25.4. The number of hydrogen-bond donors (Lipinski definition) is 1. The largest absolute Gasteiger partial charge is 0.462 e. The second-order valence-corrected chi connectivity index (χ2v) is 9.30. The van der Waals surface area contributed by atoms with E-state index < -0.39 is 35.7 Å². The van der Waals surface area contributed by atoms with Gasteiger partial charge in [0.1, 0.15) is 21.6 Å². The minimum absolute atomic E-state index is 0.130. The van der Waals surface area contributed by atoms with Gasteiger partial charge in [0.05, 0.1) is 23.1 Å². The van der Waals surface area contributed by atoms with Crippen molar-refractivity contribution in [1.82, 2.24) is 14.9 Å². The van der Waals surface area contributed by atoms with Crippen LogP contribution < -0.4 is 5.73 Å². The summed E-state index contributed by atoms with van der Waals surface area (Å²) in [6.07, 6.45) is 0. The quantitative estimate of drug-likeness (QED) is 0.385. The molecular weight excluding hydrogens is 472 g/mol. The van der Waals surface area contributed by atoms with Gasteiger partial charge in [0, 0.05) is 0 Å². The van der Waals surface area contributed by atoms with Gasteiger partial charge >= 0.3 is 11.9 Å². The molecule has 0 fully saturated rings. The van der Waals surface area contributed by atoms with E-state index in [9.17, 15) is 19.2 Å². The smallest absolute Gasteiger partial charge is 0.348 e. The third kappa shape index (κ3) is 4.23. The standard InChI is InChI=1S/C24H24N4O6S/c1-5-33-24(32)18-12(4)16-19(25)26-15(27-20(16)35-18)10-34-23(31)17(11(2)3)28-21(29)13-8-6-7-9-14(13)22(28)30/h6-9,11,17H,5,10H2,1-4H3,(H2,25,26,27)/t17-/m0/s1. The van der Waals surface area contributed by atoms with E-state index >= 15 is 0 Å². The number of nitrogen functional groups attached to an aromatic ring is 1. The van der Waals surface area contributed by atoms with Crippen LogP contribution in [0.4, 0.5) is 5.82 Å². The van der Waals surface area contributed by atoms with Crippen LogP contribution in [0.3, 0.4) is 0 Å².